The molecule has 1 aliphatic carbocycles. The molecule has 0 bridgehead atoms. The molecule has 0 saturated heterocycles. The number of fused-ring (bicyclic) bond motifs is 1. The van der Waals surface area contributed by atoms with Crippen molar-refractivity contribution in [1.29, 1.82) is 0 Å². The Balaban J connectivity index is 2.63. The zero-order chi connectivity index (χ0) is 9.26. The van der Waals surface area contributed by atoms with Gasteiger partial charge in [-0.25, -0.2) is 0 Å². The first-order valence-corrected chi connectivity index (χ1v) is 4.46. The summed E-state index contributed by atoms with van der Waals surface area (Å²) in [6.07, 6.45) is 8.36. The van der Waals surface area contributed by atoms with Gasteiger partial charge in [-0.05, 0) is 29.2 Å². The van der Waals surface area contributed by atoms with Crippen LogP contribution < -0.4 is 0 Å². The molecule has 0 N–H and O–H groups in total. The van der Waals surface area contributed by atoms with E-state index in [0.717, 1.165) is 5.57 Å². The summed E-state index contributed by atoms with van der Waals surface area (Å²) in [5.41, 5.74) is 4.93. The van der Waals surface area contributed by atoms with Gasteiger partial charge in [0, 0.05) is 0 Å². The van der Waals surface area contributed by atoms with Crippen molar-refractivity contribution in [3.63, 3.8) is 0 Å². The molecule has 13 heavy (non-hydrogen) atoms. The molecule has 0 unspecified atom stereocenters. The highest BCUT2D eigenvalue weighted by molar-refractivity contribution is 5.92. The second-order valence-electron chi connectivity index (χ2n) is 3.17. The van der Waals surface area contributed by atoms with Gasteiger partial charge in [0.15, 0.2) is 0 Å². The topological polar surface area (TPSA) is 0 Å². The Kier molecular flexibility index (Phi) is 1.90. The van der Waals surface area contributed by atoms with E-state index in [4.69, 9.17) is 0 Å². The molecule has 1 aromatic carbocycles. The highest BCUT2D eigenvalue weighted by atomic mass is 14.1. The quantitative estimate of drug-likeness (QED) is 0.599. The Hall–Kier alpha value is -1.56. The Morgan fingerprint density at radius 1 is 1.23 bits per heavy atom. The lowest BCUT2D eigenvalue weighted by molar-refractivity contribution is 1.57. The summed E-state index contributed by atoms with van der Waals surface area (Å²) in [5.74, 6) is 0. The first kappa shape index (κ1) is 8.06. The first-order chi connectivity index (χ1) is 6.33. The average Bonchev–Trinajstić information content (AvgIpc) is 2.50. The molecular formula is C13H12. The lowest BCUT2D eigenvalue weighted by Crippen LogP contribution is -1.85. The molecule has 0 nitrogen and oxygen atoms in total. The van der Waals surface area contributed by atoms with E-state index in [0.29, 0.717) is 0 Å². The predicted molar refractivity (Wildman–Crippen MR) is 59.2 cm³/mol. The minimum atomic E-state index is 1.11. The maximum Gasteiger partial charge on any atom is -0.00449 e. The first-order valence-electron chi connectivity index (χ1n) is 4.46. The molecule has 0 radical (unpaired) electrons. The molecule has 0 aromatic heterocycles. The monoisotopic (exact) mass is 168 g/mol. The van der Waals surface area contributed by atoms with Crippen LogP contribution in [0.3, 0.4) is 0 Å². The van der Waals surface area contributed by atoms with E-state index in [1.54, 1.807) is 0 Å². The van der Waals surface area contributed by atoms with Crippen LogP contribution in [0.1, 0.15) is 23.6 Å². The molecule has 1 aliphatic rings. The van der Waals surface area contributed by atoms with Crippen LogP contribution in [0.25, 0.3) is 17.7 Å². The number of hydrogen-bond donors (Lipinski definition) is 0. The van der Waals surface area contributed by atoms with E-state index in [1.807, 2.05) is 6.92 Å². The van der Waals surface area contributed by atoms with Crippen molar-refractivity contribution in [2.45, 2.75) is 6.92 Å². The van der Waals surface area contributed by atoms with Gasteiger partial charge in [-0.15, -0.1) is 0 Å². The molecule has 0 heterocycles. The SMILES string of the molecule is C=C1C=Cc2cccc(/C=C\C)c21. The van der Waals surface area contributed by atoms with Gasteiger partial charge in [-0.2, -0.15) is 0 Å². The van der Waals surface area contributed by atoms with Crippen LogP contribution in [0, 0.1) is 0 Å². The lowest BCUT2D eigenvalue weighted by Gasteiger charge is -2.04. The lowest BCUT2D eigenvalue weighted by atomic mass is 10.00. The smallest absolute Gasteiger partial charge is 0.00449 e. The van der Waals surface area contributed by atoms with Crippen LogP contribution in [-0.2, 0) is 0 Å². The Labute approximate surface area is 78.9 Å². The fourth-order valence-electron chi connectivity index (χ4n) is 1.69. The van der Waals surface area contributed by atoms with Crippen LogP contribution in [-0.4, -0.2) is 0 Å². The van der Waals surface area contributed by atoms with Crippen molar-refractivity contribution in [3.05, 3.63) is 53.6 Å². The van der Waals surface area contributed by atoms with Crippen molar-refractivity contribution in [1.82, 2.24) is 0 Å². The van der Waals surface area contributed by atoms with Crippen LogP contribution in [0.4, 0.5) is 0 Å². The molecule has 0 saturated carbocycles. The third-order valence-corrected chi connectivity index (χ3v) is 2.26. The molecule has 0 aliphatic heterocycles. The molecule has 2 rings (SSSR count). The van der Waals surface area contributed by atoms with Crippen molar-refractivity contribution in [3.8, 4) is 0 Å². The van der Waals surface area contributed by atoms with Gasteiger partial charge < -0.3 is 0 Å². The van der Waals surface area contributed by atoms with Crippen molar-refractivity contribution in [2.24, 2.45) is 0 Å². The average molecular weight is 168 g/mol. The molecule has 64 valence electrons. The molecule has 0 fully saturated rings. The van der Waals surface area contributed by atoms with Gasteiger partial charge in [0.05, 0.1) is 0 Å². The highest BCUT2D eigenvalue weighted by Gasteiger charge is 2.10. The third-order valence-electron chi connectivity index (χ3n) is 2.26. The van der Waals surface area contributed by atoms with E-state index in [2.05, 4.69) is 49.1 Å². The Bertz CT molecular complexity index is 406. The van der Waals surface area contributed by atoms with Gasteiger partial charge in [-0.3, -0.25) is 0 Å². The van der Waals surface area contributed by atoms with E-state index < -0.39 is 0 Å². The van der Waals surface area contributed by atoms with Gasteiger partial charge >= 0.3 is 0 Å². The third kappa shape index (κ3) is 1.25. The summed E-state index contributed by atoms with van der Waals surface area (Å²) in [4.78, 5) is 0. The Morgan fingerprint density at radius 3 is 2.85 bits per heavy atom. The normalized spacial score (nSPS) is 14.1. The molecule has 0 atom stereocenters. The van der Waals surface area contributed by atoms with E-state index >= 15 is 0 Å². The van der Waals surface area contributed by atoms with Gasteiger partial charge in [0.1, 0.15) is 0 Å². The maximum absolute atomic E-state index is 4.02. The summed E-state index contributed by atoms with van der Waals surface area (Å²) in [6, 6.07) is 6.32. The largest absolute Gasteiger partial charge is 0.0911 e. The van der Waals surface area contributed by atoms with Crippen LogP contribution in [0.2, 0.25) is 0 Å². The molecule has 1 aromatic rings. The zero-order valence-corrected chi connectivity index (χ0v) is 7.75. The van der Waals surface area contributed by atoms with Gasteiger partial charge in [-0.1, -0.05) is 49.1 Å². The molecule has 0 heteroatoms. The molecule has 0 amide bonds. The minimum absolute atomic E-state index is 1.11. The number of hydrogen-bond acceptors (Lipinski definition) is 0. The number of rotatable bonds is 1. The second-order valence-corrected chi connectivity index (χ2v) is 3.17. The van der Waals surface area contributed by atoms with Gasteiger partial charge in [0.2, 0.25) is 0 Å². The summed E-state index contributed by atoms with van der Waals surface area (Å²) < 4.78 is 0. The van der Waals surface area contributed by atoms with Crippen molar-refractivity contribution in [2.75, 3.05) is 0 Å². The summed E-state index contributed by atoms with van der Waals surface area (Å²) in [7, 11) is 0. The Morgan fingerprint density at radius 2 is 2.08 bits per heavy atom. The van der Waals surface area contributed by atoms with Crippen LogP contribution in [0.5, 0.6) is 0 Å². The zero-order valence-electron chi connectivity index (χ0n) is 7.75. The van der Waals surface area contributed by atoms with Crippen LogP contribution >= 0.6 is 0 Å². The fourth-order valence-corrected chi connectivity index (χ4v) is 1.69. The van der Waals surface area contributed by atoms with Crippen LogP contribution in [0.15, 0.2) is 36.9 Å². The van der Waals surface area contributed by atoms with E-state index in [-0.39, 0.29) is 0 Å². The molecule has 0 spiro atoms. The summed E-state index contributed by atoms with van der Waals surface area (Å²) >= 11 is 0. The van der Waals surface area contributed by atoms with Crippen molar-refractivity contribution >= 4 is 17.7 Å². The number of allylic oxidation sites excluding steroid dienone is 3. The van der Waals surface area contributed by atoms with Crippen molar-refractivity contribution < 1.29 is 0 Å². The maximum atomic E-state index is 4.02. The second kappa shape index (κ2) is 3.06. The number of benzene rings is 1. The highest BCUT2D eigenvalue weighted by Crippen LogP contribution is 2.31. The summed E-state index contributed by atoms with van der Waals surface area (Å²) in [5, 5.41) is 0. The summed E-state index contributed by atoms with van der Waals surface area (Å²) in [6.45, 7) is 6.05. The fraction of sp³-hybridized carbons (Fsp3) is 0.0769. The van der Waals surface area contributed by atoms with Gasteiger partial charge in [0.25, 0.3) is 0 Å². The molecular weight excluding hydrogens is 156 g/mol. The van der Waals surface area contributed by atoms with E-state index in [9.17, 15) is 0 Å². The minimum Gasteiger partial charge on any atom is -0.0911 e. The predicted octanol–water partition coefficient (Wildman–Crippen LogP) is 3.76. The standard InChI is InChI=1S/C13H12/c1-3-5-11-6-4-7-12-9-8-10(2)13(11)12/h3-9H,2H2,1H3/b5-3-. The van der Waals surface area contributed by atoms with E-state index in [1.165, 1.54) is 16.7 Å².